The maximum Gasteiger partial charge on any atom is 0.240 e. The van der Waals surface area contributed by atoms with Gasteiger partial charge < -0.3 is 9.47 Å². The van der Waals surface area contributed by atoms with Gasteiger partial charge in [0.25, 0.3) is 0 Å². The molecule has 2 aliphatic carbocycles. The minimum absolute atomic E-state index is 0.165. The van der Waals surface area contributed by atoms with Crippen molar-refractivity contribution in [2.45, 2.75) is 43.8 Å². The highest BCUT2D eigenvalue weighted by Crippen LogP contribution is 2.47. The van der Waals surface area contributed by atoms with Gasteiger partial charge in [-0.25, -0.2) is 8.42 Å². The summed E-state index contributed by atoms with van der Waals surface area (Å²) in [6.45, 7) is 1.86. The number of ether oxygens (including phenoxy) is 2. The average Bonchev–Trinajstić information content (AvgIpc) is 3.28. The van der Waals surface area contributed by atoms with Crippen LogP contribution in [0.5, 0.6) is 11.5 Å². The summed E-state index contributed by atoms with van der Waals surface area (Å²) in [7, 11) is -3.61. The number of carbonyl (C=O) groups is 1. The number of benzene rings is 1. The molecule has 7 heteroatoms. The lowest BCUT2D eigenvalue weighted by Crippen LogP contribution is -2.42. The summed E-state index contributed by atoms with van der Waals surface area (Å²) in [4.78, 5) is 12.5. The fourth-order valence-corrected chi connectivity index (χ4v) is 6.09. The molecule has 0 spiro atoms. The zero-order valence-electron chi connectivity index (χ0n) is 13.5. The van der Waals surface area contributed by atoms with Crippen LogP contribution in [0.1, 0.15) is 44.1 Å². The van der Waals surface area contributed by atoms with E-state index in [1.54, 1.807) is 25.1 Å². The Kier molecular flexibility index (Phi) is 3.71. The van der Waals surface area contributed by atoms with Crippen LogP contribution in [-0.4, -0.2) is 26.4 Å². The van der Waals surface area contributed by atoms with Gasteiger partial charge in [-0.2, -0.15) is 0 Å². The highest BCUT2D eigenvalue weighted by molar-refractivity contribution is 7.90. The van der Waals surface area contributed by atoms with E-state index in [1.165, 1.54) is 0 Å². The van der Waals surface area contributed by atoms with E-state index in [-0.39, 0.29) is 12.7 Å². The van der Waals surface area contributed by atoms with Crippen LogP contribution in [0.3, 0.4) is 0 Å². The SMILES string of the molecule is CC(C(=O)NS(=O)(=O)C1C[C@@H]2CC[C@H]1C2)c1ccc2c(c1)OCO2. The second-order valence-corrected chi connectivity index (χ2v) is 8.96. The van der Waals surface area contributed by atoms with E-state index >= 15 is 0 Å². The molecule has 1 aliphatic heterocycles. The van der Waals surface area contributed by atoms with Gasteiger partial charge >= 0.3 is 0 Å². The summed E-state index contributed by atoms with van der Waals surface area (Å²) >= 11 is 0. The van der Waals surface area contributed by atoms with Crippen LogP contribution < -0.4 is 14.2 Å². The third-order valence-electron chi connectivity index (χ3n) is 5.60. The van der Waals surface area contributed by atoms with Crippen LogP contribution in [0.4, 0.5) is 0 Å². The average molecular weight is 351 g/mol. The van der Waals surface area contributed by atoms with Gasteiger partial charge in [0.2, 0.25) is 22.7 Å². The molecule has 4 atom stereocenters. The van der Waals surface area contributed by atoms with Crippen molar-refractivity contribution in [1.82, 2.24) is 4.72 Å². The Morgan fingerprint density at radius 3 is 2.71 bits per heavy atom. The first-order valence-corrected chi connectivity index (χ1v) is 9.93. The van der Waals surface area contributed by atoms with Crippen LogP contribution in [0, 0.1) is 11.8 Å². The molecule has 24 heavy (non-hydrogen) atoms. The van der Waals surface area contributed by atoms with Gasteiger partial charge in [0.1, 0.15) is 0 Å². The summed E-state index contributed by atoms with van der Waals surface area (Å²) < 4.78 is 38.0. The van der Waals surface area contributed by atoms with Crippen molar-refractivity contribution in [3.8, 4) is 11.5 Å². The van der Waals surface area contributed by atoms with E-state index in [2.05, 4.69) is 4.72 Å². The molecule has 2 saturated carbocycles. The quantitative estimate of drug-likeness (QED) is 0.899. The topological polar surface area (TPSA) is 81.7 Å². The van der Waals surface area contributed by atoms with Gasteiger partial charge in [-0.1, -0.05) is 12.5 Å². The first-order chi connectivity index (χ1) is 11.4. The second kappa shape index (κ2) is 5.65. The van der Waals surface area contributed by atoms with E-state index in [0.29, 0.717) is 29.4 Å². The van der Waals surface area contributed by atoms with Crippen LogP contribution >= 0.6 is 0 Å². The third kappa shape index (κ3) is 2.64. The molecule has 1 aromatic rings. The van der Waals surface area contributed by atoms with Crippen LogP contribution in [-0.2, 0) is 14.8 Å². The predicted octanol–water partition coefficient (Wildman–Crippen LogP) is 2.15. The minimum atomic E-state index is -3.61. The fraction of sp³-hybridized carbons (Fsp3) is 0.588. The van der Waals surface area contributed by atoms with E-state index in [4.69, 9.17) is 9.47 Å². The Morgan fingerprint density at radius 1 is 1.21 bits per heavy atom. The number of hydrogen-bond donors (Lipinski definition) is 1. The molecule has 0 aromatic heterocycles. The maximum absolute atomic E-state index is 12.6. The van der Waals surface area contributed by atoms with E-state index in [9.17, 15) is 13.2 Å². The highest BCUT2D eigenvalue weighted by Gasteiger charge is 2.46. The number of carbonyl (C=O) groups excluding carboxylic acids is 1. The number of sulfonamides is 1. The summed E-state index contributed by atoms with van der Waals surface area (Å²) in [5.74, 6) is 0.882. The molecule has 1 aromatic carbocycles. The zero-order chi connectivity index (χ0) is 16.9. The van der Waals surface area contributed by atoms with Gasteiger partial charge in [-0.3, -0.25) is 9.52 Å². The number of nitrogens with one attached hydrogen (secondary N) is 1. The molecular weight excluding hydrogens is 330 g/mol. The van der Waals surface area contributed by atoms with Gasteiger partial charge in [0.15, 0.2) is 11.5 Å². The van der Waals surface area contributed by atoms with E-state index < -0.39 is 27.1 Å². The molecule has 3 aliphatic rings. The molecule has 2 unspecified atom stereocenters. The Bertz CT molecular complexity index is 775. The molecular formula is C17H21NO5S. The molecule has 1 amide bonds. The van der Waals surface area contributed by atoms with Gasteiger partial charge in [-0.15, -0.1) is 0 Å². The second-order valence-electron chi connectivity index (χ2n) is 7.06. The lowest BCUT2D eigenvalue weighted by atomic mass is 10.0. The molecule has 2 bridgehead atoms. The summed E-state index contributed by atoms with van der Waals surface area (Å²) in [5, 5.41) is -0.413. The first kappa shape index (κ1) is 15.7. The first-order valence-electron chi connectivity index (χ1n) is 8.39. The molecule has 6 nitrogen and oxygen atoms in total. The minimum Gasteiger partial charge on any atom is -0.454 e. The Labute approximate surface area is 141 Å². The molecule has 2 fully saturated rings. The number of hydrogen-bond acceptors (Lipinski definition) is 5. The lowest BCUT2D eigenvalue weighted by Gasteiger charge is -2.23. The molecule has 130 valence electrons. The standard InChI is InChI=1S/C17H21NO5S/c1-10(12-4-5-14-15(8-12)23-9-22-14)17(19)18-24(20,21)16-7-11-2-3-13(16)6-11/h4-5,8,10-11,13,16H,2-3,6-7,9H2,1H3,(H,18,19)/t10?,11-,13+,16?/m1/s1. The molecule has 1 N–H and O–H groups in total. The number of rotatable bonds is 4. The summed E-state index contributed by atoms with van der Waals surface area (Å²) in [6, 6.07) is 5.24. The van der Waals surface area contributed by atoms with Crippen molar-refractivity contribution < 1.29 is 22.7 Å². The van der Waals surface area contributed by atoms with Crippen LogP contribution in [0.15, 0.2) is 18.2 Å². The predicted molar refractivity (Wildman–Crippen MR) is 87.3 cm³/mol. The normalized spacial score (nSPS) is 28.8. The van der Waals surface area contributed by atoms with Crippen molar-refractivity contribution in [2.75, 3.05) is 6.79 Å². The highest BCUT2D eigenvalue weighted by atomic mass is 32.2. The third-order valence-corrected chi connectivity index (χ3v) is 7.46. The van der Waals surface area contributed by atoms with Crippen molar-refractivity contribution in [3.63, 3.8) is 0 Å². The molecule has 0 radical (unpaired) electrons. The van der Waals surface area contributed by atoms with Crippen molar-refractivity contribution >= 4 is 15.9 Å². The lowest BCUT2D eigenvalue weighted by molar-refractivity contribution is -0.120. The van der Waals surface area contributed by atoms with Gasteiger partial charge in [-0.05, 0) is 55.7 Å². The largest absolute Gasteiger partial charge is 0.454 e. The number of fused-ring (bicyclic) bond motifs is 3. The number of amides is 1. The Morgan fingerprint density at radius 2 is 2.00 bits per heavy atom. The monoisotopic (exact) mass is 351 g/mol. The van der Waals surface area contributed by atoms with E-state index in [0.717, 1.165) is 19.3 Å². The molecule has 0 saturated heterocycles. The van der Waals surface area contributed by atoms with Crippen molar-refractivity contribution in [2.24, 2.45) is 11.8 Å². The summed E-state index contributed by atoms with van der Waals surface area (Å²) in [5.41, 5.74) is 0.708. The fourth-order valence-electron chi connectivity index (χ4n) is 4.20. The molecule has 1 heterocycles. The van der Waals surface area contributed by atoms with Gasteiger partial charge in [0, 0.05) is 0 Å². The zero-order valence-corrected chi connectivity index (χ0v) is 14.3. The van der Waals surface area contributed by atoms with Crippen LogP contribution in [0.25, 0.3) is 0 Å². The van der Waals surface area contributed by atoms with Crippen molar-refractivity contribution in [1.29, 1.82) is 0 Å². The molecule has 4 rings (SSSR count). The van der Waals surface area contributed by atoms with Crippen molar-refractivity contribution in [3.05, 3.63) is 23.8 Å². The van der Waals surface area contributed by atoms with E-state index in [1.807, 2.05) is 0 Å². The van der Waals surface area contributed by atoms with Crippen LogP contribution in [0.2, 0.25) is 0 Å². The maximum atomic E-state index is 12.6. The Balaban J connectivity index is 1.47. The smallest absolute Gasteiger partial charge is 0.240 e. The summed E-state index contributed by atoms with van der Waals surface area (Å²) in [6.07, 6.45) is 3.75. The van der Waals surface area contributed by atoms with Gasteiger partial charge in [0.05, 0.1) is 11.2 Å². The Hall–Kier alpha value is -1.76.